The molecular weight excluding hydrogens is 261 g/mol. The zero-order chi connectivity index (χ0) is 14.4. The molecule has 2 heteroatoms. The molecule has 0 bridgehead atoms. The molecule has 0 aliphatic rings. The Labute approximate surface area is 122 Å². The molecule has 21 heavy (non-hydrogen) atoms. The van der Waals surface area contributed by atoms with Gasteiger partial charge in [-0.3, -0.25) is 0 Å². The van der Waals surface area contributed by atoms with Gasteiger partial charge in [-0.2, -0.15) is 0 Å². The van der Waals surface area contributed by atoms with Crippen LogP contribution in [0, 0.1) is 12.7 Å². The largest absolute Gasteiger partial charge is 0.316 e. The van der Waals surface area contributed by atoms with Gasteiger partial charge in [0.15, 0.2) is 0 Å². The van der Waals surface area contributed by atoms with Gasteiger partial charge in [-0.25, -0.2) is 4.39 Å². The first kappa shape index (κ1) is 12.2. The van der Waals surface area contributed by atoms with Gasteiger partial charge in [-0.15, -0.1) is 0 Å². The van der Waals surface area contributed by atoms with Crippen molar-refractivity contribution in [1.29, 1.82) is 0 Å². The molecule has 0 saturated carbocycles. The molecule has 0 spiro atoms. The maximum absolute atomic E-state index is 14.4. The molecule has 0 atom stereocenters. The summed E-state index contributed by atoms with van der Waals surface area (Å²) in [5.41, 5.74) is 4.67. The molecule has 4 rings (SSSR count). The summed E-state index contributed by atoms with van der Waals surface area (Å²) >= 11 is 0. The molecule has 4 aromatic rings. The van der Waals surface area contributed by atoms with Crippen molar-refractivity contribution in [2.45, 2.75) is 6.92 Å². The lowest BCUT2D eigenvalue weighted by Gasteiger charge is -2.11. The summed E-state index contributed by atoms with van der Waals surface area (Å²) in [6.45, 7) is 1.90. The minimum absolute atomic E-state index is 0.173. The summed E-state index contributed by atoms with van der Waals surface area (Å²) in [4.78, 5) is 0. The van der Waals surface area contributed by atoms with Crippen LogP contribution in [0.3, 0.4) is 0 Å². The fraction of sp³-hybridized carbons (Fsp3) is 0.0526. The number of benzene rings is 2. The van der Waals surface area contributed by atoms with Crippen molar-refractivity contribution in [1.82, 2.24) is 4.40 Å². The number of halogens is 1. The Morgan fingerprint density at radius 3 is 2.48 bits per heavy atom. The lowest BCUT2D eigenvalue weighted by molar-refractivity contribution is 0.630. The van der Waals surface area contributed by atoms with Crippen LogP contribution in [0.4, 0.5) is 4.39 Å². The van der Waals surface area contributed by atoms with Crippen LogP contribution in [0.25, 0.3) is 27.5 Å². The number of fused-ring (bicyclic) bond motifs is 3. The van der Waals surface area contributed by atoms with Crippen LogP contribution in [0.2, 0.25) is 0 Å². The van der Waals surface area contributed by atoms with Gasteiger partial charge in [0, 0.05) is 17.3 Å². The van der Waals surface area contributed by atoms with Crippen molar-refractivity contribution >= 4 is 16.4 Å². The van der Waals surface area contributed by atoms with E-state index >= 15 is 0 Å². The normalized spacial score (nSPS) is 11.3. The predicted octanol–water partition coefficient (Wildman–Crippen LogP) is 5.21. The number of pyridine rings is 1. The van der Waals surface area contributed by atoms with Gasteiger partial charge in [-0.05, 0) is 48.2 Å². The summed E-state index contributed by atoms with van der Waals surface area (Å²) in [6, 6.07) is 19.7. The molecule has 0 aliphatic carbocycles. The average Bonchev–Trinajstić information content (AvgIpc) is 2.96. The van der Waals surface area contributed by atoms with Gasteiger partial charge in [0.25, 0.3) is 0 Å². The molecule has 0 amide bonds. The van der Waals surface area contributed by atoms with Gasteiger partial charge < -0.3 is 4.40 Å². The van der Waals surface area contributed by atoms with Crippen LogP contribution in [0.5, 0.6) is 0 Å². The molecule has 2 aromatic heterocycles. The summed E-state index contributed by atoms with van der Waals surface area (Å²) in [6.07, 6.45) is 2.02. The minimum atomic E-state index is -0.173. The van der Waals surface area contributed by atoms with E-state index in [0.717, 1.165) is 27.5 Å². The highest BCUT2D eigenvalue weighted by Crippen LogP contribution is 2.31. The summed E-state index contributed by atoms with van der Waals surface area (Å²) in [5.74, 6) is -0.173. The van der Waals surface area contributed by atoms with Gasteiger partial charge >= 0.3 is 0 Å². The third-order valence-electron chi connectivity index (χ3n) is 3.94. The first-order valence-electron chi connectivity index (χ1n) is 6.99. The second-order valence-corrected chi connectivity index (χ2v) is 5.36. The van der Waals surface area contributed by atoms with Gasteiger partial charge in [0.1, 0.15) is 5.82 Å². The van der Waals surface area contributed by atoms with E-state index in [9.17, 15) is 4.39 Å². The summed E-state index contributed by atoms with van der Waals surface area (Å²) in [7, 11) is 0. The van der Waals surface area contributed by atoms with Crippen LogP contribution in [-0.2, 0) is 0 Å². The van der Waals surface area contributed by atoms with Gasteiger partial charge in [0.2, 0.25) is 0 Å². The lowest BCUT2D eigenvalue weighted by Crippen LogP contribution is -1.92. The predicted molar refractivity (Wildman–Crippen MR) is 85.0 cm³/mol. The zero-order valence-electron chi connectivity index (χ0n) is 11.7. The molecule has 1 nitrogen and oxygen atoms in total. The van der Waals surface area contributed by atoms with Crippen LogP contribution in [0.1, 0.15) is 5.56 Å². The molecule has 0 aliphatic heterocycles. The maximum Gasteiger partial charge on any atom is 0.131 e. The Morgan fingerprint density at radius 2 is 1.62 bits per heavy atom. The van der Waals surface area contributed by atoms with Crippen molar-refractivity contribution in [3.63, 3.8) is 0 Å². The topological polar surface area (TPSA) is 4.41 Å². The van der Waals surface area contributed by atoms with E-state index in [2.05, 4.69) is 22.6 Å². The Hall–Kier alpha value is -2.61. The SMILES string of the molecule is Cc1ccc(-c2cc3ccccc3n3cccc23)c(F)c1. The smallest absolute Gasteiger partial charge is 0.131 e. The highest BCUT2D eigenvalue weighted by atomic mass is 19.1. The fourth-order valence-electron chi connectivity index (χ4n) is 2.92. The van der Waals surface area contributed by atoms with Crippen molar-refractivity contribution < 1.29 is 4.39 Å². The molecule has 0 radical (unpaired) electrons. The van der Waals surface area contributed by atoms with Crippen molar-refractivity contribution in [3.05, 3.63) is 78.2 Å². The Kier molecular flexibility index (Phi) is 2.58. The molecule has 0 N–H and O–H groups in total. The van der Waals surface area contributed by atoms with Crippen LogP contribution in [-0.4, -0.2) is 4.40 Å². The highest BCUT2D eigenvalue weighted by molar-refractivity contribution is 5.93. The van der Waals surface area contributed by atoms with Crippen molar-refractivity contribution in [3.8, 4) is 11.1 Å². The van der Waals surface area contributed by atoms with Crippen molar-refractivity contribution in [2.24, 2.45) is 0 Å². The highest BCUT2D eigenvalue weighted by Gasteiger charge is 2.11. The number of nitrogens with zero attached hydrogens (tertiary/aromatic N) is 1. The van der Waals surface area contributed by atoms with Gasteiger partial charge in [-0.1, -0.05) is 30.3 Å². The summed E-state index contributed by atoms with van der Waals surface area (Å²) in [5, 5.41) is 1.11. The average molecular weight is 275 g/mol. The standard InChI is InChI=1S/C19H14FN/c1-13-8-9-15(17(20)11-13)16-12-14-5-2-3-6-18(14)21-10-4-7-19(16)21/h2-12H,1H3. The monoisotopic (exact) mass is 275 g/mol. The number of rotatable bonds is 1. The molecule has 2 heterocycles. The quantitative estimate of drug-likeness (QED) is 0.449. The molecule has 2 aromatic carbocycles. The molecule has 0 saturated heterocycles. The Balaban J connectivity index is 2.13. The fourth-order valence-corrected chi connectivity index (χ4v) is 2.92. The van der Waals surface area contributed by atoms with E-state index in [0.29, 0.717) is 5.56 Å². The van der Waals surface area contributed by atoms with E-state index in [1.165, 1.54) is 0 Å². The van der Waals surface area contributed by atoms with Crippen molar-refractivity contribution in [2.75, 3.05) is 0 Å². The maximum atomic E-state index is 14.4. The van der Waals surface area contributed by atoms with E-state index in [-0.39, 0.29) is 5.82 Å². The lowest BCUT2D eigenvalue weighted by atomic mass is 10.0. The second kappa shape index (κ2) is 4.45. The Morgan fingerprint density at radius 1 is 0.810 bits per heavy atom. The van der Waals surface area contributed by atoms with E-state index in [1.807, 2.05) is 49.5 Å². The molecule has 0 unspecified atom stereocenters. The van der Waals surface area contributed by atoms with E-state index < -0.39 is 0 Å². The van der Waals surface area contributed by atoms with E-state index in [4.69, 9.17) is 0 Å². The van der Waals surface area contributed by atoms with Gasteiger partial charge in [0.05, 0.1) is 11.0 Å². The van der Waals surface area contributed by atoms with Crippen LogP contribution >= 0.6 is 0 Å². The molecular formula is C19H14FN. The Bertz CT molecular complexity index is 966. The van der Waals surface area contributed by atoms with Crippen LogP contribution in [0.15, 0.2) is 66.9 Å². The third-order valence-corrected chi connectivity index (χ3v) is 3.94. The second-order valence-electron chi connectivity index (χ2n) is 5.36. The van der Waals surface area contributed by atoms with E-state index in [1.54, 1.807) is 6.07 Å². The number of aryl methyl sites for hydroxylation is 1. The summed E-state index contributed by atoms with van der Waals surface area (Å²) < 4.78 is 16.5. The third kappa shape index (κ3) is 1.83. The minimum Gasteiger partial charge on any atom is -0.316 e. The zero-order valence-corrected chi connectivity index (χ0v) is 11.7. The molecule has 0 fully saturated rings. The first-order chi connectivity index (χ1) is 10.2. The number of aromatic nitrogens is 1. The first-order valence-corrected chi connectivity index (χ1v) is 6.99. The number of para-hydroxylation sites is 1. The number of hydrogen-bond donors (Lipinski definition) is 0. The molecule has 102 valence electrons. The number of hydrogen-bond acceptors (Lipinski definition) is 0. The van der Waals surface area contributed by atoms with Crippen LogP contribution < -0.4 is 0 Å².